The first-order valence-electron chi connectivity index (χ1n) is 9.52. The molecule has 8 heteroatoms. The summed E-state index contributed by atoms with van der Waals surface area (Å²) >= 11 is 0. The van der Waals surface area contributed by atoms with Gasteiger partial charge in [-0.3, -0.25) is 14.5 Å². The van der Waals surface area contributed by atoms with Crippen molar-refractivity contribution < 1.29 is 18.7 Å². The number of anilines is 2. The van der Waals surface area contributed by atoms with Crippen molar-refractivity contribution in [1.82, 2.24) is 10.2 Å². The van der Waals surface area contributed by atoms with E-state index in [0.29, 0.717) is 43.3 Å². The molecule has 1 aliphatic heterocycles. The van der Waals surface area contributed by atoms with E-state index in [-0.39, 0.29) is 5.82 Å². The second kappa shape index (κ2) is 9.88. The number of hydrogen-bond acceptors (Lipinski definition) is 5. The third-order valence-corrected chi connectivity index (χ3v) is 4.81. The molecule has 2 amide bonds. The number of benzene rings is 2. The maximum Gasteiger partial charge on any atom is 0.313 e. The molecule has 1 heterocycles. The Labute approximate surface area is 169 Å². The average Bonchev–Trinajstić information content (AvgIpc) is 2.74. The quantitative estimate of drug-likeness (QED) is 0.723. The number of carbonyl (C=O) groups is 2. The first-order chi connectivity index (χ1) is 14.1. The monoisotopic (exact) mass is 400 g/mol. The van der Waals surface area contributed by atoms with E-state index >= 15 is 0 Å². The second-order valence-electron chi connectivity index (χ2n) is 6.72. The van der Waals surface area contributed by atoms with Crippen molar-refractivity contribution in [1.29, 1.82) is 0 Å². The fourth-order valence-electron chi connectivity index (χ4n) is 3.22. The molecule has 0 aromatic heterocycles. The molecule has 0 unspecified atom stereocenters. The van der Waals surface area contributed by atoms with E-state index in [0.717, 1.165) is 13.1 Å². The molecule has 1 fully saturated rings. The smallest absolute Gasteiger partial charge is 0.313 e. The van der Waals surface area contributed by atoms with Crippen molar-refractivity contribution in [2.45, 2.75) is 0 Å². The summed E-state index contributed by atoms with van der Waals surface area (Å²) in [6, 6.07) is 13.6. The molecule has 0 atom stereocenters. The molecule has 2 aromatic carbocycles. The predicted molar refractivity (Wildman–Crippen MR) is 110 cm³/mol. The SMILES string of the molecule is COc1cccc(NC(=O)C(=O)NCCN2CCN(c3ccccc3F)CC2)c1. The van der Waals surface area contributed by atoms with Gasteiger partial charge in [0, 0.05) is 51.0 Å². The summed E-state index contributed by atoms with van der Waals surface area (Å²) in [5.41, 5.74) is 1.11. The van der Waals surface area contributed by atoms with Gasteiger partial charge < -0.3 is 20.3 Å². The lowest BCUT2D eigenvalue weighted by Crippen LogP contribution is -2.49. The zero-order valence-electron chi connectivity index (χ0n) is 16.4. The lowest BCUT2D eigenvalue weighted by Gasteiger charge is -2.36. The Hall–Kier alpha value is -3.13. The number of methoxy groups -OCH3 is 1. The van der Waals surface area contributed by atoms with Crippen molar-refractivity contribution in [2.75, 3.05) is 56.6 Å². The number of para-hydroxylation sites is 1. The molecule has 0 bridgehead atoms. The zero-order chi connectivity index (χ0) is 20.6. The number of amides is 2. The van der Waals surface area contributed by atoms with E-state index in [1.54, 1.807) is 36.4 Å². The summed E-state index contributed by atoms with van der Waals surface area (Å²) in [5.74, 6) is -1.02. The van der Waals surface area contributed by atoms with Gasteiger partial charge in [0.15, 0.2) is 0 Å². The lowest BCUT2D eigenvalue weighted by atomic mass is 10.2. The van der Waals surface area contributed by atoms with Crippen LogP contribution in [0.1, 0.15) is 0 Å². The highest BCUT2D eigenvalue weighted by atomic mass is 19.1. The van der Waals surface area contributed by atoms with E-state index in [9.17, 15) is 14.0 Å². The van der Waals surface area contributed by atoms with Gasteiger partial charge in [-0.1, -0.05) is 18.2 Å². The highest BCUT2D eigenvalue weighted by Crippen LogP contribution is 2.20. The van der Waals surface area contributed by atoms with Crippen LogP contribution < -0.4 is 20.3 Å². The number of rotatable bonds is 6. The number of ether oxygens (including phenoxy) is 1. The normalized spacial score (nSPS) is 14.3. The minimum Gasteiger partial charge on any atom is -0.497 e. The minimum atomic E-state index is -0.720. The zero-order valence-corrected chi connectivity index (χ0v) is 16.4. The number of nitrogens with one attached hydrogen (secondary N) is 2. The molecule has 154 valence electrons. The maximum atomic E-state index is 13.9. The van der Waals surface area contributed by atoms with E-state index in [2.05, 4.69) is 15.5 Å². The Kier molecular flexibility index (Phi) is 7.02. The largest absolute Gasteiger partial charge is 0.497 e. The molecule has 0 spiro atoms. The number of nitrogens with zero attached hydrogens (tertiary/aromatic N) is 2. The van der Waals surface area contributed by atoms with Crippen LogP contribution >= 0.6 is 0 Å². The van der Waals surface area contributed by atoms with Crippen LogP contribution in [-0.2, 0) is 9.59 Å². The molecule has 0 aliphatic carbocycles. The first-order valence-corrected chi connectivity index (χ1v) is 9.52. The standard InChI is InChI=1S/C21H25FN4O3/c1-29-17-6-4-5-16(15-17)24-21(28)20(27)23-9-10-25-11-13-26(14-12-25)19-8-3-2-7-18(19)22/h2-8,15H,9-14H2,1H3,(H,23,27)(H,24,28). The Morgan fingerprint density at radius 1 is 1.03 bits per heavy atom. The topological polar surface area (TPSA) is 73.9 Å². The number of hydrogen-bond donors (Lipinski definition) is 2. The van der Waals surface area contributed by atoms with Crippen LogP contribution in [0.4, 0.5) is 15.8 Å². The van der Waals surface area contributed by atoms with Crippen molar-refractivity contribution in [3.8, 4) is 5.75 Å². The molecular weight excluding hydrogens is 375 g/mol. The molecular formula is C21H25FN4O3. The van der Waals surface area contributed by atoms with Crippen LogP contribution in [0.2, 0.25) is 0 Å². The summed E-state index contributed by atoms with van der Waals surface area (Å²) in [5, 5.41) is 5.18. The maximum absolute atomic E-state index is 13.9. The third-order valence-electron chi connectivity index (χ3n) is 4.81. The van der Waals surface area contributed by atoms with Crippen molar-refractivity contribution in [3.63, 3.8) is 0 Å². The van der Waals surface area contributed by atoms with Crippen LogP contribution in [0.3, 0.4) is 0 Å². The number of halogens is 1. The van der Waals surface area contributed by atoms with Gasteiger partial charge in [0.1, 0.15) is 11.6 Å². The summed E-state index contributed by atoms with van der Waals surface area (Å²) in [6.45, 7) is 3.95. The van der Waals surface area contributed by atoms with Crippen LogP contribution in [0.15, 0.2) is 48.5 Å². The fraction of sp³-hybridized carbons (Fsp3) is 0.333. The van der Waals surface area contributed by atoms with Crippen LogP contribution in [0.25, 0.3) is 0 Å². The molecule has 0 radical (unpaired) electrons. The van der Waals surface area contributed by atoms with Crippen LogP contribution in [-0.4, -0.2) is 63.1 Å². The van der Waals surface area contributed by atoms with Gasteiger partial charge in [-0.15, -0.1) is 0 Å². The summed E-state index contributed by atoms with van der Waals surface area (Å²) in [7, 11) is 1.53. The van der Waals surface area contributed by atoms with Crippen molar-refractivity contribution in [2.24, 2.45) is 0 Å². The predicted octanol–water partition coefficient (Wildman–Crippen LogP) is 1.71. The molecule has 0 saturated carbocycles. The van der Waals surface area contributed by atoms with Gasteiger partial charge in [-0.2, -0.15) is 0 Å². The van der Waals surface area contributed by atoms with Gasteiger partial charge in [0.05, 0.1) is 12.8 Å². The Balaban J connectivity index is 1.38. The number of carbonyl (C=O) groups excluding carboxylic acids is 2. The van der Waals surface area contributed by atoms with E-state index in [1.165, 1.54) is 13.2 Å². The second-order valence-corrected chi connectivity index (χ2v) is 6.72. The van der Waals surface area contributed by atoms with E-state index in [1.807, 2.05) is 11.0 Å². The summed E-state index contributed by atoms with van der Waals surface area (Å²) in [6.07, 6.45) is 0. The molecule has 3 rings (SSSR count). The van der Waals surface area contributed by atoms with Gasteiger partial charge >= 0.3 is 11.8 Å². The average molecular weight is 400 g/mol. The van der Waals surface area contributed by atoms with E-state index < -0.39 is 11.8 Å². The lowest BCUT2D eigenvalue weighted by molar-refractivity contribution is -0.136. The molecule has 2 N–H and O–H groups in total. The van der Waals surface area contributed by atoms with Gasteiger partial charge in [-0.25, -0.2) is 4.39 Å². The highest BCUT2D eigenvalue weighted by molar-refractivity contribution is 6.39. The fourth-order valence-corrected chi connectivity index (χ4v) is 3.22. The van der Waals surface area contributed by atoms with E-state index in [4.69, 9.17) is 4.74 Å². The Bertz CT molecular complexity index is 853. The minimum absolute atomic E-state index is 0.213. The first kappa shape index (κ1) is 20.6. The third kappa shape index (κ3) is 5.68. The van der Waals surface area contributed by atoms with Crippen LogP contribution in [0, 0.1) is 5.82 Å². The van der Waals surface area contributed by atoms with Gasteiger partial charge in [0.2, 0.25) is 0 Å². The number of piperazine rings is 1. The van der Waals surface area contributed by atoms with Gasteiger partial charge in [0.25, 0.3) is 0 Å². The van der Waals surface area contributed by atoms with Gasteiger partial charge in [-0.05, 0) is 24.3 Å². The van der Waals surface area contributed by atoms with Crippen molar-refractivity contribution in [3.05, 3.63) is 54.3 Å². The molecule has 2 aromatic rings. The van der Waals surface area contributed by atoms with Crippen molar-refractivity contribution >= 4 is 23.2 Å². The highest BCUT2D eigenvalue weighted by Gasteiger charge is 2.20. The Morgan fingerprint density at radius 2 is 1.79 bits per heavy atom. The molecule has 1 saturated heterocycles. The summed E-state index contributed by atoms with van der Waals surface area (Å²) < 4.78 is 19.0. The molecule has 7 nitrogen and oxygen atoms in total. The Morgan fingerprint density at radius 3 is 2.52 bits per heavy atom. The summed E-state index contributed by atoms with van der Waals surface area (Å²) in [4.78, 5) is 28.2. The molecule has 29 heavy (non-hydrogen) atoms. The molecule has 1 aliphatic rings. The van der Waals surface area contributed by atoms with Crippen LogP contribution in [0.5, 0.6) is 5.75 Å².